The van der Waals surface area contributed by atoms with Crippen LogP contribution in [0.4, 0.5) is 4.39 Å². The number of nitrogens with zero attached hydrogens (tertiary/aromatic N) is 3. The van der Waals surface area contributed by atoms with Crippen LogP contribution in [0.2, 0.25) is 0 Å². The van der Waals surface area contributed by atoms with Crippen molar-refractivity contribution in [2.75, 3.05) is 20.2 Å². The number of hydrogen-bond donors (Lipinski definition) is 1. The lowest BCUT2D eigenvalue weighted by Crippen LogP contribution is -2.45. The van der Waals surface area contributed by atoms with Crippen molar-refractivity contribution in [3.63, 3.8) is 0 Å². The van der Waals surface area contributed by atoms with Crippen LogP contribution in [0.25, 0.3) is 11.4 Å². The topological polar surface area (TPSA) is 71.1 Å². The molecule has 160 valence electrons. The molecular weight excluding hydrogens is 395 g/mol. The molecule has 0 bridgehead atoms. The van der Waals surface area contributed by atoms with E-state index < -0.39 is 0 Å². The number of pyridine rings is 1. The van der Waals surface area contributed by atoms with Gasteiger partial charge in [-0.25, -0.2) is 9.37 Å². The van der Waals surface area contributed by atoms with Crippen LogP contribution >= 0.6 is 0 Å². The summed E-state index contributed by atoms with van der Waals surface area (Å²) in [7, 11) is 1.48. The fourth-order valence-corrected chi connectivity index (χ4v) is 5.11. The summed E-state index contributed by atoms with van der Waals surface area (Å²) in [5.74, 6) is 0.501. The zero-order chi connectivity index (χ0) is 21.4. The zero-order valence-corrected chi connectivity index (χ0v) is 17.5. The van der Waals surface area contributed by atoms with Gasteiger partial charge in [-0.3, -0.25) is 14.7 Å². The molecule has 3 heterocycles. The Hall–Kier alpha value is -3.06. The van der Waals surface area contributed by atoms with Crippen molar-refractivity contribution in [1.29, 1.82) is 0 Å². The van der Waals surface area contributed by atoms with Gasteiger partial charge in [-0.2, -0.15) is 0 Å². The molecule has 0 saturated carbocycles. The van der Waals surface area contributed by atoms with Crippen molar-refractivity contribution in [3.8, 4) is 17.1 Å². The molecule has 2 aliphatic rings. The van der Waals surface area contributed by atoms with Crippen LogP contribution in [-0.2, 0) is 18.4 Å². The van der Waals surface area contributed by atoms with E-state index in [-0.39, 0.29) is 22.5 Å². The van der Waals surface area contributed by atoms with E-state index >= 15 is 0 Å². The molecular formula is C24H25FN4O2. The molecule has 1 spiro atoms. The van der Waals surface area contributed by atoms with Gasteiger partial charge in [-0.05, 0) is 62.1 Å². The molecule has 7 heteroatoms. The second-order valence-corrected chi connectivity index (χ2v) is 8.55. The molecule has 2 aromatic heterocycles. The summed E-state index contributed by atoms with van der Waals surface area (Å²) in [6, 6.07) is 8.79. The maximum Gasteiger partial charge on any atom is 0.254 e. The number of H-pyrrole nitrogens is 1. The molecule has 5 rings (SSSR count). The minimum atomic E-state index is -0.350. The van der Waals surface area contributed by atoms with E-state index in [9.17, 15) is 9.18 Å². The first kappa shape index (κ1) is 19.9. The van der Waals surface area contributed by atoms with Gasteiger partial charge in [0.05, 0.1) is 12.8 Å². The van der Waals surface area contributed by atoms with Crippen LogP contribution in [0, 0.1) is 5.82 Å². The highest BCUT2D eigenvalue weighted by Crippen LogP contribution is 2.43. The van der Waals surface area contributed by atoms with E-state index in [1.54, 1.807) is 18.5 Å². The molecule has 0 amide bonds. The molecule has 1 saturated heterocycles. The molecule has 1 aliphatic carbocycles. The largest absolute Gasteiger partial charge is 0.494 e. The number of aromatic nitrogens is 3. The Morgan fingerprint density at radius 2 is 2.19 bits per heavy atom. The Labute approximate surface area is 180 Å². The summed E-state index contributed by atoms with van der Waals surface area (Å²) in [6.45, 7) is 2.52. The van der Waals surface area contributed by atoms with Gasteiger partial charge in [0, 0.05) is 42.0 Å². The monoisotopic (exact) mass is 420 g/mol. The number of benzene rings is 1. The number of methoxy groups -OCH3 is 1. The van der Waals surface area contributed by atoms with Gasteiger partial charge in [-0.1, -0.05) is 6.07 Å². The van der Waals surface area contributed by atoms with Crippen molar-refractivity contribution >= 4 is 0 Å². The van der Waals surface area contributed by atoms with Crippen molar-refractivity contribution in [3.05, 3.63) is 75.7 Å². The summed E-state index contributed by atoms with van der Waals surface area (Å²) in [5, 5.41) is 0. The van der Waals surface area contributed by atoms with Crippen molar-refractivity contribution in [2.45, 2.75) is 37.6 Å². The van der Waals surface area contributed by atoms with Crippen LogP contribution < -0.4 is 10.3 Å². The van der Waals surface area contributed by atoms with Gasteiger partial charge >= 0.3 is 0 Å². The Bertz CT molecular complexity index is 1160. The van der Waals surface area contributed by atoms with Gasteiger partial charge in [-0.15, -0.1) is 0 Å². The normalized spacial score (nSPS) is 20.7. The van der Waals surface area contributed by atoms with E-state index in [1.165, 1.54) is 13.2 Å². The van der Waals surface area contributed by atoms with Gasteiger partial charge in [0.1, 0.15) is 5.82 Å². The molecule has 1 unspecified atom stereocenters. The molecule has 6 nitrogen and oxygen atoms in total. The number of likely N-dealkylation sites (tertiary alicyclic amines) is 1. The number of aromatic amines is 1. The minimum absolute atomic E-state index is 0.0406. The third kappa shape index (κ3) is 3.63. The van der Waals surface area contributed by atoms with E-state index in [0.29, 0.717) is 12.4 Å². The maximum absolute atomic E-state index is 13.8. The molecule has 1 N–H and O–H groups in total. The first-order chi connectivity index (χ1) is 15.1. The molecule has 0 radical (unpaired) electrons. The molecule has 31 heavy (non-hydrogen) atoms. The number of rotatable bonds is 4. The van der Waals surface area contributed by atoms with Crippen LogP contribution in [0.15, 0.2) is 47.5 Å². The van der Waals surface area contributed by atoms with Crippen molar-refractivity contribution < 1.29 is 9.13 Å². The fourth-order valence-electron chi connectivity index (χ4n) is 5.11. The van der Waals surface area contributed by atoms with Crippen LogP contribution in [-0.4, -0.2) is 40.1 Å². The second-order valence-electron chi connectivity index (χ2n) is 8.55. The Morgan fingerprint density at radius 3 is 3.00 bits per heavy atom. The highest BCUT2D eigenvalue weighted by molar-refractivity contribution is 5.54. The van der Waals surface area contributed by atoms with Gasteiger partial charge in [0.25, 0.3) is 5.56 Å². The summed E-state index contributed by atoms with van der Waals surface area (Å²) in [6.07, 6.45) is 7.17. The highest BCUT2D eigenvalue weighted by atomic mass is 19.1. The molecule has 3 aromatic rings. The van der Waals surface area contributed by atoms with Gasteiger partial charge < -0.3 is 9.72 Å². The smallest absolute Gasteiger partial charge is 0.254 e. The molecule has 1 aliphatic heterocycles. The fraction of sp³-hybridized carbons (Fsp3) is 0.375. The highest BCUT2D eigenvalue weighted by Gasteiger charge is 2.44. The SMILES string of the molecule is COc1cc(CN2CCCC3(CCc4c3nc(-c3cccnc3)[nH]c4=O)C2)ccc1F. The van der Waals surface area contributed by atoms with Gasteiger partial charge in [0.2, 0.25) is 0 Å². The third-order valence-corrected chi connectivity index (χ3v) is 6.58. The maximum atomic E-state index is 13.8. The summed E-state index contributed by atoms with van der Waals surface area (Å²) < 4.78 is 18.9. The van der Waals surface area contributed by atoms with E-state index in [0.717, 1.165) is 61.2 Å². The lowest BCUT2D eigenvalue weighted by atomic mass is 9.77. The number of ether oxygens (including phenoxy) is 1. The molecule has 1 aromatic carbocycles. The van der Waals surface area contributed by atoms with E-state index in [4.69, 9.17) is 9.72 Å². The summed E-state index contributed by atoms with van der Waals surface area (Å²) in [4.78, 5) is 27.3. The lowest BCUT2D eigenvalue weighted by Gasteiger charge is -2.40. The number of piperidine rings is 1. The number of nitrogens with one attached hydrogen (secondary N) is 1. The second kappa shape index (κ2) is 7.89. The molecule has 1 fully saturated rings. The first-order valence-corrected chi connectivity index (χ1v) is 10.7. The van der Waals surface area contributed by atoms with Crippen molar-refractivity contribution in [1.82, 2.24) is 19.9 Å². The lowest BCUT2D eigenvalue weighted by molar-refractivity contribution is 0.136. The quantitative estimate of drug-likeness (QED) is 0.700. The average molecular weight is 420 g/mol. The van der Waals surface area contributed by atoms with Gasteiger partial charge in [0.15, 0.2) is 11.6 Å². The van der Waals surface area contributed by atoms with Crippen LogP contribution in [0.3, 0.4) is 0 Å². The number of hydrogen-bond acceptors (Lipinski definition) is 5. The Kier molecular flexibility index (Phi) is 5.06. The summed E-state index contributed by atoms with van der Waals surface area (Å²) in [5.41, 5.74) is 3.43. The Balaban J connectivity index is 1.45. The van der Waals surface area contributed by atoms with E-state index in [2.05, 4.69) is 14.9 Å². The molecule has 1 atom stereocenters. The predicted molar refractivity (Wildman–Crippen MR) is 116 cm³/mol. The average Bonchev–Trinajstić information content (AvgIpc) is 3.14. The minimum Gasteiger partial charge on any atom is -0.494 e. The standard InChI is InChI=1S/C24H25FN4O2/c1-31-20-12-16(5-6-19(20)25)14-29-11-3-8-24(15-29)9-7-18-21(24)27-22(28-23(18)30)17-4-2-10-26-13-17/h2,4-6,10,12-13H,3,7-9,11,14-15H2,1H3,(H,27,28,30). The zero-order valence-electron chi connectivity index (χ0n) is 17.5. The van der Waals surface area contributed by atoms with Crippen LogP contribution in [0.5, 0.6) is 5.75 Å². The number of fused-ring (bicyclic) bond motifs is 2. The summed E-state index contributed by atoms with van der Waals surface area (Å²) >= 11 is 0. The van der Waals surface area contributed by atoms with Crippen LogP contribution in [0.1, 0.15) is 36.1 Å². The third-order valence-electron chi connectivity index (χ3n) is 6.58. The first-order valence-electron chi connectivity index (χ1n) is 10.7. The van der Waals surface area contributed by atoms with Crippen molar-refractivity contribution in [2.24, 2.45) is 0 Å². The van der Waals surface area contributed by atoms with E-state index in [1.807, 2.05) is 18.2 Å². The predicted octanol–water partition coefficient (Wildman–Crippen LogP) is 3.46. The number of halogens is 1. The Morgan fingerprint density at radius 1 is 1.29 bits per heavy atom.